The summed E-state index contributed by atoms with van der Waals surface area (Å²) < 4.78 is 0. The predicted molar refractivity (Wildman–Crippen MR) is 59.6 cm³/mol. The molecule has 0 bridgehead atoms. The molecule has 2 amide bonds. The molecule has 16 heavy (non-hydrogen) atoms. The van der Waals surface area contributed by atoms with Gasteiger partial charge in [0.2, 0.25) is 11.8 Å². The summed E-state index contributed by atoms with van der Waals surface area (Å²) in [6.07, 6.45) is 3.80. The number of piperidine rings is 1. The van der Waals surface area contributed by atoms with E-state index in [2.05, 4.69) is 11.9 Å². The average Bonchev–Trinajstić information content (AvgIpc) is 2.27. The zero-order valence-corrected chi connectivity index (χ0v) is 9.44. The SMILES string of the molecule is C=NO/C(=C\C)CCN1C(=O)CCCC1=O. The summed E-state index contributed by atoms with van der Waals surface area (Å²) in [7, 11) is 0. The van der Waals surface area contributed by atoms with Crippen molar-refractivity contribution in [2.45, 2.75) is 32.6 Å². The predicted octanol–water partition coefficient (Wildman–Crippen LogP) is 1.45. The van der Waals surface area contributed by atoms with Crippen molar-refractivity contribution in [1.29, 1.82) is 0 Å². The highest BCUT2D eigenvalue weighted by Gasteiger charge is 2.25. The fourth-order valence-electron chi connectivity index (χ4n) is 1.60. The normalized spacial score (nSPS) is 17.6. The van der Waals surface area contributed by atoms with Gasteiger partial charge < -0.3 is 4.84 Å². The van der Waals surface area contributed by atoms with Crippen LogP contribution in [0.15, 0.2) is 17.0 Å². The van der Waals surface area contributed by atoms with Crippen LogP contribution in [0.1, 0.15) is 32.6 Å². The Labute approximate surface area is 94.7 Å². The van der Waals surface area contributed by atoms with E-state index in [1.165, 1.54) is 4.90 Å². The Hall–Kier alpha value is -1.65. The first kappa shape index (κ1) is 12.4. The highest BCUT2D eigenvalue weighted by molar-refractivity contribution is 5.97. The van der Waals surface area contributed by atoms with Crippen LogP contribution in [-0.4, -0.2) is 30.0 Å². The molecule has 0 spiro atoms. The zero-order chi connectivity index (χ0) is 12.0. The molecule has 1 rings (SSSR count). The Bertz CT molecular complexity index is 307. The molecule has 5 nitrogen and oxygen atoms in total. The third-order valence-electron chi connectivity index (χ3n) is 2.47. The Morgan fingerprint density at radius 3 is 2.62 bits per heavy atom. The number of carbonyl (C=O) groups is 2. The number of amides is 2. The molecule has 0 N–H and O–H groups in total. The maximum atomic E-state index is 11.5. The minimum atomic E-state index is -0.0988. The van der Waals surface area contributed by atoms with E-state index < -0.39 is 0 Å². The number of oxime groups is 1. The smallest absolute Gasteiger partial charge is 0.229 e. The van der Waals surface area contributed by atoms with E-state index in [0.717, 1.165) is 0 Å². The van der Waals surface area contributed by atoms with Gasteiger partial charge in [-0.1, -0.05) is 5.16 Å². The molecule has 1 heterocycles. The van der Waals surface area contributed by atoms with Crippen LogP contribution >= 0.6 is 0 Å². The summed E-state index contributed by atoms with van der Waals surface area (Å²) in [6, 6.07) is 0. The van der Waals surface area contributed by atoms with Crippen LogP contribution < -0.4 is 0 Å². The Kier molecular flexibility index (Phi) is 4.69. The van der Waals surface area contributed by atoms with Crippen molar-refractivity contribution in [2.75, 3.05) is 6.54 Å². The monoisotopic (exact) mass is 224 g/mol. The van der Waals surface area contributed by atoms with Gasteiger partial charge in [-0.2, -0.15) is 0 Å². The average molecular weight is 224 g/mol. The minimum absolute atomic E-state index is 0.0988. The molecule has 1 aliphatic rings. The van der Waals surface area contributed by atoms with E-state index in [-0.39, 0.29) is 11.8 Å². The first-order chi connectivity index (χ1) is 7.69. The number of rotatable bonds is 5. The summed E-state index contributed by atoms with van der Waals surface area (Å²) >= 11 is 0. The highest BCUT2D eigenvalue weighted by atomic mass is 16.6. The van der Waals surface area contributed by atoms with Gasteiger partial charge in [-0.25, -0.2) is 0 Å². The molecule has 0 aliphatic carbocycles. The standard InChI is InChI=1S/C11H16N2O3/c1-3-9(16-12-2)7-8-13-10(14)5-4-6-11(13)15/h3H,2,4-8H2,1H3/b9-3-. The zero-order valence-electron chi connectivity index (χ0n) is 9.44. The van der Waals surface area contributed by atoms with E-state index in [1.807, 2.05) is 0 Å². The quantitative estimate of drug-likeness (QED) is 0.307. The van der Waals surface area contributed by atoms with Gasteiger partial charge in [0.15, 0.2) is 0 Å². The van der Waals surface area contributed by atoms with Gasteiger partial charge in [0.1, 0.15) is 5.76 Å². The van der Waals surface area contributed by atoms with Crippen LogP contribution in [0.3, 0.4) is 0 Å². The topological polar surface area (TPSA) is 59.0 Å². The summed E-state index contributed by atoms with van der Waals surface area (Å²) in [4.78, 5) is 29.1. The van der Waals surface area contributed by atoms with Gasteiger partial charge in [0.25, 0.3) is 0 Å². The number of hydrogen-bond acceptors (Lipinski definition) is 4. The maximum absolute atomic E-state index is 11.5. The number of allylic oxidation sites excluding steroid dienone is 1. The largest absolute Gasteiger partial charge is 0.362 e. The Morgan fingerprint density at radius 1 is 1.50 bits per heavy atom. The summed E-state index contributed by atoms with van der Waals surface area (Å²) in [5.74, 6) is 0.415. The summed E-state index contributed by atoms with van der Waals surface area (Å²) in [5.41, 5.74) is 0. The Balaban J connectivity index is 2.49. The number of nitrogens with zero attached hydrogens (tertiary/aromatic N) is 2. The Morgan fingerprint density at radius 2 is 2.12 bits per heavy atom. The number of imide groups is 1. The lowest BCUT2D eigenvalue weighted by Gasteiger charge is -2.24. The maximum Gasteiger partial charge on any atom is 0.229 e. The third-order valence-corrected chi connectivity index (χ3v) is 2.47. The van der Waals surface area contributed by atoms with Crippen LogP contribution in [-0.2, 0) is 14.4 Å². The van der Waals surface area contributed by atoms with Crippen molar-refractivity contribution in [3.05, 3.63) is 11.8 Å². The minimum Gasteiger partial charge on any atom is -0.362 e. The van der Waals surface area contributed by atoms with Gasteiger partial charge in [0.05, 0.1) is 0 Å². The lowest BCUT2D eigenvalue weighted by molar-refractivity contribution is -0.147. The molecule has 1 aliphatic heterocycles. The third kappa shape index (κ3) is 3.18. The number of hydrogen-bond donors (Lipinski definition) is 0. The molecule has 5 heteroatoms. The molecular formula is C11H16N2O3. The molecule has 1 fully saturated rings. The molecule has 0 unspecified atom stereocenters. The van der Waals surface area contributed by atoms with Gasteiger partial charge in [-0.05, 0) is 19.4 Å². The number of likely N-dealkylation sites (tertiary alicyclic amines) is 1. The molecule has 0 aromatic carbocycles. The van der Waals surface area contributed by atoms with Crippen LogP contribution in [0.2, 0.25) is 0 Å². The molecule has 0 aromatic heterocycles. The van der Waals surface area contributed by atoms with Crippen molar-refractivity contribution in [3.63, 3.8) is 0 Å². The first-order valence-corrected chi connectivity index (χ1v) is 5.30. The van der Waals surface area contributed by atoms with Crippen molar-refractivity contribution in [2.24, 2.45) is 5.16 Å². The lowest BCUT2D eigenvalue weighted by Crippen LogP contribution is -2.40. The van der Waals surface area contributed by atoms with Crippen LogP contribution in [0, 0.1) is 0 Å². The second-order valence-electron chi connectivity index (χ2n) is 3.52. The fourth-order valence-corrected chi connectivity index (χ4v) is 1.60. The van der Waals surface area contributed by atoms with E-state index in [4.69, 9.17) is 4.84 Å². The van der Waals surface area contributed by atoms with Crippen LogP contribution in [0.5, 0.6) is 0 Å². The lowest BCUT2D eigenvalue weighted by atomic mass is 10.1. The van der Waals surface area contributed by atoms with E-state index in [9.17, 15) is 9.59 Å². The van der Waals surface area contributed by atoms with E-state index in [0.29, 0.717) is 38.0 Å². The van der Waals surface area contributed by atoms with Crippen LogP contribution in [0.4, 0.5) is 0 Å². The van der Waals surface area contributed by atoms with Crippen molar-refractivity contribution in [3.8, 4) is 0 Å². The molecule has 0 radical (unpaired) electrons. The van der Waals surface area contributed by atoms with E-state index in [1.54, 1.807) is 13.0 Å². The summed E-state index contributed by atoms with van der Waals surface area (Å²) in [6.45, 7) is 5.37. The highest BCUT2D eigenvalue weighted by Crippen LogP contribution is 2.14. The molecule has 1 saturated heterocycles. The van der Waals surface area contributed by atoms with Crippen molar-refractivity contribution >= 4 is 18.5 Å². The van der Waals surface area contributed by atoms with Crippen molar-refractivity contribution in [1.82, 2.24) is 4.90 Å². The second-order valence-corrected chi connectivity index (χ2v) is 3.52. The van der Waals surface area contributed by atoms with Gasteiger partial charge >= 0.3 is 0 Å². The van der Waals surface area contributed by atoms with Crippen molar-refractivity contribution < 1.29 is 14.4 Å². The number of carbonyl (C=O) groups excluding carboxylic acids is 2. The fraction of sp³-hybridized carbons (Fsp3) is 0.545. The molecule has 0 atom stereocenters. The molecule has 88 valence electrons. The summed E-state index contributed by atoms with van der Waals surface area (Å²) in [5, 5.41) is 3.30. The second kappa shape index (κ2) is 6.05. The molecule has 0 aromatic rings. The van der Waals surface area contributed by atoms with Gasteiger partial charge in [0, 0.05) is 32.5 Å². The van der Waals surface area contributed by atoms with Gasteiger partial charge in [-0.3, -0.25) is 14.5 Å². The molecular weight excluding hydrogens is 208 g/mol. The molecule has 0 saturated carbocycles. The van der Waals surface area contributed by atoms with E-state index >= 15 is 0 Å². The van der Waals surface area contributed by atoms with Crippen LogP contribution in [0.25, 0.3) is 0 Å². The van der Waals surface area contributed by atoms with Gasteiger partial charge in [-0.15, -0.1) is 0 Å². The first-order valence-electron chi connectivity index (χ1n) is 5.30.